The second-order valence-corrected chi connectivity index (χ2v) is 3.69. The van der Waals surface area contributed by atoms with Gasteiger partial charge in [-0.1, -0.05) is 6.07 Å². The Hall–Kier alpha value is -2.12. The fourth-order valence-corrected chi connectivity index (χ4v) is 1.32. The van der Waals surface area contributed by atoms with E-state index in [-0.39, 0.29) is 5.69 Å². The van der Waals surface area contributed by atoms with Crippen molar-refractivity contribution in [3.05, 3.63) is 30.1 Å². The molecule has 1 rings (SSSR count). The number of carboxylic acid groups (broad SMARTS) is 1. The molecule has 2 N–H and O–H groups in total. The Morgan fingerprint density at radius 2 is 2.00 bits per heavy atom. The van der Waals surface area contributed by atoms with Crippen LogP contribution in [-0.2, 0) is 9.59 Å². The van der Waals surface area contributed by atoms with Gasteiger partial charge in [0.05, 0.1) is 12.1 Å². The van der Waals surface area contributed by atoms with Gasteiger partial charge in [0.25, 0.3) is 0 Å². The number of hydrogen-bond donors (Lipinski definition) is 2. The molecule has 8 heteroatoms. The van der Waals surface area contributed by atoms with Crippen LogP contribution >= 0.6 is 0 Å². The first-order chi connectivity index (χ1) is 8.80. The smallest absolute Gasteiger partial charge is 0.414 e. The van der Waals surface area contributed by atoms with Crippen molar-refractivity contribution in [3.8, 4) is 0 Å². The first-order valence-corrected chi connectivity index (χ1v) is 5.29. The van der Waals surface area contributed by atoms with Gasteiger partial charge in [-0.3, -0.25) is 14.6 Å². The fraction of sp³-hybridized carbons (Fsp3) is 0.364. The number of amides is 1. The summed E-state index contributed by atoms with van der Waals surface area (Å²) in [4.78, 5) is 25.1. The molecule has 1 atom stereocenters. The molecule has 104 valence electrons. The van der Waals surface area contributed by atoms with E-state index >= 15 is 0 Å². The topological polar surface area (TPSA) is 79.3 Å². The first-order valence-electron chi connectivity index (χ1n) is 5.29. The Labute approximate surface area is 106 Å². The molecule has 1 aromatic heterocycles. The highest BCUT2D eigenvalue weighted by atomic mass is 19.4. The summed E-state index contributed by atoms with van der Waals surface area (Å²) in [6, 6.07) is 1.71. The molecule has 0 radical (unpaired) electrons. The van der Waals surface area contributed by atoms with E-state index in [0.29, 0.717) is 0 Å². The van der Waals surface area contributed by atoms with Crippen LogP contribution in [0.2, 0.25) is 0 Å². The van der Waals surface area contributed by atoms with Gasteiger partial charge < -0.3 is 10.4 Å². The molecule has 0 aliphatic heterocycles. The van der Waals surface area contributed by atoms with E-state index in [9.17, 15) is 22.8 Å². The second-order valence-electron chi connectivity index (χ2n) is 3.69. The number of aromatic nitrogens is 1. The number of carbonyl (C=O) groups is 2. The van der Waals surface area contributed by atoms with Crippen LogP contribution in [0.1, 0.15) is 24.6 Å². The normalized spacial score (nSPS) is 12.8. The molecule has 0 fully saturated rings. The average Bonchev–Trinajstić information content (AvgIpc) is 2.33. The van der Waals surface area contributed by atoms with Gasteiger partial charge in [-0.25, -0.2) is 0 Å². The summed E-state index contributed by atoms with van der Waals surface area (Å²) in [6.07, 6.45) is -4.57. The summed E-state index contributed by atoms with van der Waals surface area (Å²) < 4.78 is 38.4. The lowest BCUT2D eigenvalue weighted by Crippen LogP contribution is -2.38. The molecule has 1 unspecified atom stereocenters. The van der Waals surface area contributed by atoms with Gasteiger partial charge in [0, 0.05) is 12.6 Å². The van der Waals surface area contributed by atoms with Gasteiger partial charge in [-0.15, -0.1) is 0 Å². The van der Waals surface area contributed by atoms with Crippen LogP contribution in [-0.4, -0.2) is 28.1 Å². The fourth-order valence-electron chi connectivity index (χ4n) is 1.32. The van der Waals surface area contributed by atoms with Crippen molar-refractivity contribution in [1.29, 1.82) is 0 Å². The Morgan fingerprint density at radius 1 is 1.32 bits per heavy atom. The molecular weight excluding hydrogens is 265 g/mol. The number of nitrogens with zero attached hydrogens (tertiary/aromatic N) is 1. The number of alkyl halides is 3. The third-order valence-electron chi connectivity index (χ3n) is 2.18. The lowest BCUT2D eigenvalue weighted by molar-refractivity contribution is -0.164. The van der Waals surface area contributed by atoms with E-state index in [1.807, 2.05) is 0 Å². The van der Waals surface area contributed by atoms with Crippen LogP contribution in [0, 0.1) is 0 Å². The summed E-state index contributed by atoms with van der Waals surface area (Å²) in [7, 11) is 0. The predicted octanol–water partition coefficient (Wildman–Crippen LogP) is 1.67. The molecular formula is C11H11F3N2O3. The van der Waals surface area contributed by atoms with Crippen molar-refractivity contribution in [2.24, 2.45) is 0 Å². The summed E-state index contributed by atoms with van der Waals surface area (Å²) in [5.74, 6) is -2.24. The van der Waals surface area contributed by atoms with E-state index in [4.69, 9.17) is 5.11 Å². The van der Waals surface area contributed by atoms with Gasteiger partial charge in [-0.05, 0) is 12.1 Å². The minimum Gasteiger partial charge on any atom is -0.481 e. The maximum Gasteiger partial charge on any atom is 0.414 e. The third kappa shape index (κ3) is 4.94. The molecule has 0 saturated heterocycles. The number of aliphatic carboxylic acids is 1. The van der Waals surface area contributed by atoms with Crippen molar-refractivity contribution >= 4 is 11.9 Å². The zero-order chi connectivity index (χ0) is 14.5. The molecule has 0 aliphatic carbocycles. The number of nitrogens with one attached hydrogen (secondary N) is 1. The number of halogens is 3. The van der Waals surface area contributed by atoms with Crippen LogP contribution in [0.5, 0.6) is 0 Å². The summed E-state index contributed by atoms with van der Waals surface area (Å²) in [5, 5.41) is 10.1. The number of carbonyl (C=O) groups excluding carboxylic acids is 1. The summed E-state index contributed by atoms with van der Waals surface area (Å²) in [5.41, 5.74) is -0.348. The first kappa shape index (κ1) is 14.9. The quantitative estimate of drug-likeness (QED) is 0.857. The lowest BCUT2D eigenvalue weighted by Gasteiger charge is -2.20. The molecule has 0 saturated carbocycles. The van der Waals surface area contributed by atoms with E-state index in [1.54, 1.807) is 5.32 Å². The highest BCUT2D eigenvalue weighted by Gasteiger charge is 2.42. The number of hydrogen-bond acceptors (Lipinski definition) is 3. The van der Waals surface area contributed by atoms with E-state index in [2.05, 4.69) is 4.98 Å². The molecule has 19 heavy (non-hydrogen) atoms. The number of pyridine rings is 1. The number of carboxylic acids is 1. The van der Waals surface area contributed by atoms with Gasteiger partial charge in [0.1, 0.15) is 0 Å². The van der Waals surface area contributed by atoms with Gasteiger partial charge >= 0.3 is 12.1 Å². The van der Waals surface area contributed by atoms with Crippen LogP contribution in [0.15, 0.2) is 24.4 Å². The minimum absolute atomic E-state index is 0.348. The predicted molar refractivity (Wildman–Crippen MR) is 58.0 cm³/mol. The molecule has 0 spiro atoms. The lowest BCUT2D eigenvalue weighted by atomic mass is 10.1. The molecule has 0 bridgehead atoms. The van der Waals surface area contributed by atoms with Crippen molar-refractivity contribution in [1.82, 2.24) is 10.3 Å². The van der Waals surface area contributed by atoms with Crippen molar-refractivity contribution in [2.75, 3.05) is 0 Å². The van der Waals surface area contributed by atoms with Crippen molar-refractivity contribution in [3.63, 3.8) is 0 Å². The third-order valence-corrected chi connectivity index (χ3v) is 2.18. The zero-order valence-electron chi connectivity index (χ0n) is 9.65. The average molecular weight is 276 g/mol. The van der Waals surface area contributed by atoms with E-state index < -0.39 is 36.9 Å². The van der Waals surface area contributed by atoms with E-state index in [0.717, 1.165) is 6.07 Å². The van der Waals surface area contributed by atoms with Gasteiger partial charge in [0.2, 0.25) is 5.91 Å². The Kier molecular flexibility index (Phi) is 4.85. The van der Waals surface area contributed by atoms with Crippen LogP contribution in [0.4, 0.5) is 13.2 Å². The van der Waals surface area contributed by atoms with Crippen molar-refractivity contribution < 1.29 is 27.9 Å². The van der Waals surface area contributed by atoms with Crippen LogP contribution < -0.4 is 5.32 Å². The zero-order valence-corrected chi connectivity index (χ0v) is 9.65. The molecule has 1 heterocycles. The summed E-state index contributed by atoms with van der Waals surface area (Å²) in [6.45, 7) is 0. The molecule has 0 aliphatic rings. The molecule has 0 aromatic carbocycles. The number of rotatable bonds is 5. The van der Waals surface area contributed by atoms with Crippen LogP contribution in [0.3, 0.4) is 0 Å². The largest absolute Gasteiger partial charge is 0.481 e. The van der Waals surface area contributed by atoms with Crippen LogP contribution in [0.25, 0.3) is 0 Å². The van der Waals surface area contributed by atoms with E-state index in [1.165, 1.54) is 18.3 Å². The molecule has 1 amide bonds. The Balaban J connectivity index is 2.77. The Morgan fingerprint density at radius 3 is 2.47 bits per heavy atom. The van der Waals surface area contributed by atoms with Gasteiger partial charge in [-0.2, -0.15) is 13.2 Å². The molecule has 5 nitrogen and oxygen atoms in total. The highest BCUT2D eigenvalue weighted by Crippen LogP contribution is 2.31. The van der Waals surface area contributed by atoms with Gasteiger partial charge in [0.15, 0.2) is 6.04 Å². The monoisotopic (exact) mass is 276 g/mol. The highest BCUT2D eigenvalue weighted by molar-refractivity contribution is 5.80. The van der Waals surface area contributed by atoms with Crippen molar-refractivity contribution in [2.45, 2.75) is 25.1 Å². The molecule has 1 aromatic rings. The standard InChI is InChI=1S/C11H11F3N2O3/c12-11(13,14)10(7-3-1-2-6-15-7)16-8(17)4-5-9(18)19/h1-3,6,10H,4-5H2,(H,16,17)(H,18,19). The SMILES string of the molecule is O=C(O)CCC(=O)NC(c1ccccn1)C(F)(F)F. The second kappa shape index (κ2) is 6.17. The summed E-state index contributed by atoms with van der Waals surface area (Å²) >= 11 is 0. The maximum atomic E-state index is 12.8. The minimum atomic E-state index is -4.70. The maximum absolute atomic E-state index is 12.8. The Bertz CT molecular complexity index is 448.